The highest BCUT2D eigenvalue weighted by Crippen LogP contribution is 2.34. The van der Waals surface area contributed by atoms with Crippen molar-refractivity contribution in [3.8, 4) is 5.75 Å². The third-order valence-electron chi connectivity index (χ3n) is 4.18. The first-order valence-corrected chi connectivity index (χ1v) is 8.60. The number of nitrogens with one attached hydrogen (secondary N) is 1. The molecule has 4 heteroatoms. The van der Waals surface area contributed by atoms with Gasteiger partial charge in [-0.25, -0.2) is 0 Å². The number of furan rings is 1. The molecule has 1 heterocycles. The molecule has 1 amide bonds. The lowest BCUT2D eigenvalue weighted by Crippen LogP contribution is -2.22. The van der Waals surface area contributed by atoms with Crippen LogP contribution in [0.2, 0.25) is 0 Å². The molecular formula is C20H27NO3. The van der Waals surface area contributed by atoms with E-state index in [0.29, 0.717) is 13.2 Å². The number of allylic oxidation sites excluding steroid dienone is 1. The van der Waals surface area contributed by atoms with E-state index in [1.165, 1.54) is 0 Å². The first-order chi connectivity index (χ1) is 11.5. The molecule has 0 saturated heterocycles. The van der Waals surface area contributed by atoms with Gasteiger partial charge in [-0.15, -0.1) is 0 Å². The molecule has 0 radical (unpaired) electrons. The lowest BCUT2D eigenvalue weighted by Gasteiger charge is -2.11. The van der Waals surface area contributed by atoms with Crippen LogP contribution in [-0.2, 0) is 4.79 Å². The zero-order valence-electron chi connectivity index (χ0n) is 15.3. The summed E-state index contributed by atoms with van der Waals surface area (Å²) in [6.45, 7) is 11.3. The molecule has 0 saturated carbocycles. The Labute approximate surface area is 143 Å². The second-order valence-electron chi connectivity index (χ2n) is 6.03. The predicted octanol–water partition coefficient (Wildman–Crippen LogP) is 4.77. The molecule has 0 aliphatic heterocycles. The van der Waals surface area contributed by atoms with Crippen LogP contribution in [0.15, 0.2) is 22.6 Å². The molecule has 24 heavy (non-hydrogen) atoms. The number of carbonyl (C=O) groups is 1. The smallest absolute Gasteiger partial charge is 0.244 e. The van der Waals surface area contributed by atoms with Crippen LogP contribution in [0.3, 0.4) is 0 Å². The van der Waals surface area contributed by atoms with Gasteiger partial charge in [-0.1, -0.05) is 13.3 Å². The van der Waals surface area contributed by atoms with Gasteiger partial charge in [-0.3, -0.25) is 4.79 Å². The van der Waals surface area contributed by atoms with Crippen molar-refractivity contribution in [1.82, 2.24) is 5.32 Å². The van der Waals surface area contributed by atoms with Crippen molar-refractivity contribution in [1.29, 1.82) is 0 Å². The molecule has 4 nitrogen and oxygen atoms in total. The summed E-state index contributed by atoms with van der Waals surface area (Å²) in [5.41, 5.74) is 3.75. The van der Waals surface area contributed by atoms with Crippen molar-refractivity contribution < 1.29 is 13.9 Å². The average molecular weight is 329 g/mol. The number of fused-ring (bicyclic) bond motifs is 1. The maximum absolute atomic E-state index is 12.1. The summed E-state index contributed by atoms with van der Waals surface area (Å²) in [6, 6.07) is 3.97. The molecule has 0 spiro atoms. The average Bonchev–Trinajstić information content (AvgIpc) is 2.81. The second-order valence-corrected chi connectivity index (χ2v) is 6.03. The molecule has 0 fully saturated rings. The van der Waals surface area contributed by atoms with E-state index < -0.39 is 0 Å². The van der Waals surface area contributed by atoms with E-state index in [-0.39, 0.29) is 5.91 Å². The molecule has 1 N–H and O–H groups in total. The first-order valence-electron chi connectivity index (χ1n) is 8.60. The minimum atomic E-state index is -0.0661. The number of aryl methyl sites for hydroxylation is 2. The lowest BCUT2D eigenvalue weighted by molar-refractivity contribution is -0.116. The monoisotopic (exact) mass is 329 g/mol. The largest absolute Gasteiger partial charge is 0.493 e. The normalized spacial score (nSPS) is 11.8. The van der Waals surface area contributed by atoms with Crippen LogP contribution in [0.25, 0.3) is 16.5 Å². The van der Waals surface area contributed by atoms with E-state index in [2.05, 4.69) is 18.3 Å². The van der Waals surface area contributed by atoms with Crippen molar-refractivity contribution in [3.63, 3.8) is 0 Å². The van der Waals surface area contributed by atoms with E-state index in [9.17, 15) is 4.79 Å². The fourth-order valence-corrected chi connectivity index (χ4v) is 2.67. The van der Waals surface area contributed by atoms with E-state index in [1.54, 1.807) is 6.08 Å². The Hall–Kier alpha value is -2.23. The first kappa shape index (κ1) is 18.1. The fourth-order valence-electron chi connectivity index (χ4n) is 2.67. The number of hydrogen-bond acceptors (Lipinski definition) is 3. The lowest BCUT2D eigenvalue weighted by atomic mass is 10.0. The number of benzene rings is 1. The van der Waals surface area contributed by atoms with E-state index in [0.717, 1.165) is 52.0 Å². The van der Waals surface area contributed by atoms with Gasteiger partial charge in [0, 0.05) is 29.6 Å². The summed E-state index contributed by atoms with van der Waals surface area (Å²) in [4.78, 5) is 12.1. The molecular weight excluding hydrogens is 302 g/mol. The Morgan fingerprint density at radius 2 is 2.04 bits per heavy atom. The van der Waals surface area contributed by atoms with Gasteiger partial charge in [-0.2, -0.15) is 0 Å². The highest BCUT2D eigenvalue weighted by Gasteiger charge is 2.14. The van der Waals surface area contributed by atoms with Crippen molar-refractivity contribution in [2.24, 2.45) is 0 Å². The quantitative estimate of drug-likeness (QED) is 0.588. The standard InChI is InChI=1S/C20H27NO3/c1-6-8-9-21-20(22)10-13(3)16-11-17-14(4)15(5)24-19(17)12-18(16)23-7-2/h10-12H,6-9H2,1-5H3,(H,21,22)/b13-10+. The molecule has 130 valence electrons. The number of carbonyl (C=O) groups excluding carboxylic acids is 1. The molecule has 0 unspecified atom stereocenters. The van der Waals surface area contributed by atoms with Crippen LogP contribution in [0.4, 0.5) is 0 Å². The van der Waals surface area contributed by atoms with Crippen LogP contribution in [-0.4, -0.2) is 19.1 Å². The van der Waals surface area contributed by atoms with E-state index in [1.807, 2.05) is 33.8 Å². The highest BCUT2D eigenvalue weighted by atomic mass is 16.5. The number of hydrogen-bond donors (Lipinski definition) is 1. The van der Waals surface area contributed by atoms with Crippen LogP contribution >= 0.6 is 0 Å². The van der Waals surface area contributed by atoms with Crippen molar-refractivity contribution in [3.05, 3.63) is 35.1 Å². The molecule has 2 rings (SSSR count). The molecule has 0 aliphatic rings. The SMILES string of the molecule is CCCCNC(=O)/C=C(\C)c1cc2c(C)c(C)oc2cc1OCC. The second kappa shape index (κ2) is 8.04. The fraction of sp³-hybridized carbons (Fsp3) is 0.450. The third kappa shape index (κ3) is 3.99. The van der Waals surface area contributed by atoms with Gasteiger partial charge >= 0.3 is 0 Å². The zero-order chi connectivity index (χ0) is 17.7. The highest BCUT2D eigenvalue weighted by molar-refractivity contribution is 5.97. The van der Waals surface area contributed by atoms with Gasteiger partial charge in [0.05, 0.1) is 6.61 Å². The van der Waals surface area contributed by atoms with Crippen molar-refractivity contribution in [2.75, 3.05) is 13.2 Å². The van der Waals surface area contributed by atoms with Gasteiger partial charge in [0.15, 0.2) is 0 Å². The minimum Gasteiger partial charge on any atom is -0.493 e. The van der Waals surface area contributed by atoms with E-state index >= 15 is 0 Å². The summed E-state index contributed by atoms with van der Waals surface area (Å²) < 4.78 is 11.6. The number of unbranched alkanes of at least 4 members (excludes halogenated alkanes) is 1. The number of ether oxygens (including phenoxy) is 1. The Kier molecular flexibility index (Phi) is 6.07. The molecule has 1 aromatic heterocycles. The minimum absolute atomic E-state index is 0.0661. The molecule has 0 bridgehead atoms. The predicted molar refractivity (Wildman–Crippen MR) is 98.4 cm³/mol. The number of amides is 1. The third-order valence-corrected chi connectivity index (χ3v) is 4.18. The summed E-state index contributed by atoms with van der Waals surface area (Å²) in [6.07, 6.45) is 3.69. The maximum atomic E-state index is 12.1. The Morgan fingerprint density at radius 3 is 2.71 bits per heavy atom. The van der Waals surface area contributed by atoms with E-state index in [4.69, 9.17) is 9.15 Å². The van der Waals surface area contributed by atoms with Gasteiger partial charge < -0.3 is 14.5 Å². The van der Waals surface area contributed by atoms with Gasteiger partial charge in [-0.05, 0) is 51.3 Å². The van der Waals surface area contributed by atoms with Crippen molar-refractivity contribution in [2.45, 2.75) is 47.5 Å². The number of rotatable bonds is 7. The topological polar surface area (TPSA) is 51.5 Å². The van der Waals surface area contributed by atoms with Crippen molar-refractivity contribution >= 4 is 22.4 Å². The summed E-state index contributed by atoms with van der Waals surface area (Å²) in [5.74, 6) is 1.58. The Bertz CT molecular complexity index is 756. The van der Waals surface area contributed by atoms with Crippen LogP contribution in [0.1, 0.15) is 50.5 Å². The van der Waals surface area contributed by atoms with Crippen LogP contribution in [0.5, 0.6) is 5.75 Å². The maximum Gasteiger partial charge on any atom is 0.244 e. The zero-order valence-corrected chi connectivity index (χ0v) is 15.3. The van der Waals surface area contributed by atoms with Gasteiger partial charge in [0.2, 0.25) is 5.91 Å². The van der Waals surface area contributed by atoms with Crippen LogP contribution < -0.4 is 10.1 Å². The summed E-state index contributed by atoms with van der Waals surface area (Å²) in [7, 11) is 0. The van der Waals surface area contributed by atoms with Crippen LogP contribution in [0, 0.1) is 13.8 Å². The van der Waals surface area contributed by atoms with Gasteiger partial charge in [0.25, 0.3) is 0 Å². The summed E-state index contributed by atoms with van der Waals surface area (Å²) >= 11 is 0. The Balaban J connectivity index is 2.38. The summed E-state index contributed by atoms with van der Waals surface area (Å²) in [5, 5.41) is 3.97. The molecule has 0 atom stereocenters. The molecule has 1 aromatic carbocycles. The Morgan fingerprint density at radius 1 is 1.29 bits per heavy atom. The molecule has 0 aliphatic carbocycles. The molecule has 2 aromatic rings. The van der Waals surface area contributed by atoms with Gasteiger partial charge in [0.1, 0.15) is 17.1 Å².